The molecule has 3 aromatic carbocycles. The standard InChI is InChI=1S/C34H36N6O4/c1-39(2)22-38-32-31-33(36-21-35-32)40(23-37-31)30-19-18-29(44-30)20-43-34(24-8-6-5-7-9-24,25-10-14-27(41-3)15-11-25)26-12-16-28(42-4)17-13-26/h5-17,21-23,29-30H,18-20H2,1-4H3/t29-,30+/m0/s1. The molecule has 1 saturated heterocycles. The Kier molecular flexibility index (Phi) is 8.53. The first-order valence-electron chi connectivity index (χ1n) is 14.5. The van der Waals surface area contributed by atoms with Crippen LogP contribution in [0.2, 0.25) is 0 Å². The molecule has 0 unspecified atom stereocenters. The van der Waals surface area contributed by atoms with E-state index in [1.54, 1.807) is 26.9 Å². The second-order valence-electron chi connectivity index (χ2n) is 10.8. The summed E-state index contributed by atoms with van der Waals surface area (Å²) in [5.74, 6) is 2.07. The van der Waals surface area contributed by atoms with Gasteiger partial charge in [-0.15, -0.1) is 0 Å². The van der Waals surface area contributed by atoms with Gasteiger partial charge < -0.3 is 23.8 Å². The molecule has 6 rings (SSSR count). The fraction of sp³-hybridized carbons (Fsp3) is 0.294. The van der Waals surface area contributed by atoms with E-state index in [1.165, 1.54) is 6.33 Å². The second kappa shape index (κ2) is 12.8. The third kappa shape index (κ3) is 5.73. The molecule has 0 amide bonds. The van der Waals surface area contributed by atoms with Crippen molar-refractivity contribution < 1.29 is 18.9 Å². The number of imidazole rings is 1. The number of rotatable bonds is 11. The number of aromatic nitrogens is 4. The van der Waals surface area contributed by atoms with Gasteiger partial charge in [-0.3, -0.25) is 4.57 Å². The summed E-state index contributed by atoms with van der Waals surface area (Å²) >= 11 is 0. The molecule has 0 radical (unpaired) electrons. The van der Waals surface area contributed by atoms with Gasteiger partial charge in [-0.1, -0.05) is 54.6 Å². The van der Waals surface area contributed by atoms with Crippen molar-refractivity contribution in [1.82, 2.24) is 24.4 Å². The van der Waals surface area contributed by atoms with E-state index >= 15 is 0 Å². The molecule has 226 valence electrons. The van der Waals surface area contributed by atoms with E-state index in [9.17, 15) is 0 Å². The highest BCUT2D eigenvalue weighted by Gasteiger charge is 2.40. The van der Waals surface area contributed by atoms with Crippen molar-refractivity contribution in [3.05, 3.63) is 108 Å². The molecule has 2 atom stereocenters. The maximum atomic E-state index is 7.06. The lowest BCUT2D eigenvalue weighted by atomic mass is 9.80. The topological polar surface area (TPSA) is 96.1 Å². The molecule has 3 heterocycles. The van der Waals surface area contributed by atoms with E-state index in [1.807, 2.05) is 66.0 Å². The minimum atomic E-state index is -0.907. The lowest BCUT2D eigenvalue weighted by Crippen LogP contribution is -2.35. The summed E-state index contributed by atoms with van der Waals surface area (Å²) in [7, 11) is 7.15. The predicted molar refractivity (Wildman–Crippen MR) is 169 cm³/mol. The predicted octanol–water partition coefficient (Wildman–Crippen LogP) is 5.75. The van der Waals surface area contributed by atoms with Crippen molar-refractivity contribution in [1.29, 1.82) is 0 Å². The van der Waals surface area contributed by atoms with Crippen molar-refractivity contribution in [2.75, 3.05) is 34.9 Å². The van der Waals surface area contributed by atoms with Gasteiger partial charge in [-0.05, 0) is 53.8 Å². The molecule has 1 fully saturated rings. The Morgan fingerprint density at radius 2 is 1.50 bits per heavy atom. The van der Waals surface area contributed by atoms with Crippen LogP contribution in [0.3, 0.4) is 0 Å². The molecular weight excluding hydrogens is 556 g/mol. The summed E-state index contributed by atoms with van der Waals surface area (Å²) in [4.78, 5) is 19.7. The smallest absolute Gasteiger partial charge is 0.184 e. The number of benzene rings is 3. The maximum absolute atomic E-state index is 7.06. The van der Waals surface area contributed by atoms with Gasteiger partial charge in [-0.2, -0.15) is 0 Å². The highest BCUT2D eigenvalue weighted by molar-refractivity contribution is 5.82. The number of hydrogen-bond acceptors (Lipinski definition) is 8. The molecular formula is C34H36N6O4. The molecule has 10 nitrogen and oxygen atoms in total. The molecule has 0 aliphatic carbocycles. The zero-order chi connectivity index (χ0) is 30.5. The van der Waals surface area contributed by atoms with E-state index < -0.39 is 5.60 Å². The Morgan fingerprint density at radius 3 is 2.11 bits per heavy atom. The van der Waals surface area contributed by atoms with Gasteiger partial charge in [0.2, 0.25) is 0 Å². The lowest BCUT2D eigenvalue weighted by molar-refractivity contribution is -0.0756. The van der Waals surface area contributed by atoms with Crippen molar-refractivity contribution in [3.63, 3.8) is 0 Å². The fourth-order valence-corrected chi connectivity index (χ4v) is 5.62. The molecule has 0 saturated carbocycles. The zero-order valence-corrected chi connectivity index (χ0v) is 25.3. The second-order valence-corrected chi connectivity index (χ2v) is 10.8. The van der Waals surface area contributed by atoms with Crippen LogP contribution < -0.4 is 9.47 Å². The van der Waals surface area contributed by atoms with Gasteiger partial charge in [0.15, 0.2) is 17.0 Å². The number of ether oxygens (including phenoxy) is 4. The Labute approximate surface area is 256 Å². The average molecular weight is 593 g/mol. The summed E-state index contributed by atoms with van der Waals surface area (Å²) in [6.07, 6.45) is 6.19. The van der Waals surface area contributed by atoms with Gasteiger partial charge in [0.05, 0.1) is 39.6 Å². The molecule has 5 aromatic rings. The monoisotopic (exact) mass is 592 g/mol. The van der Waals surface area contributed by atoms with Crippen LogP contribution in [-0.4, -0.2) is 71.8 Å². The van der Waals surface area contributed by atoms with Crippen molar-refractivity contribution in [2.45, 2.75) is 30.8 Å². The van der Waals surface area contributed by atoms with E-state index in [4.69, 9.17) is 18.9 Å². The Bertz CT molecular complexity index is 1660. The lowest BCUT2D eigenvalue weighted by Gasteiger charge is -2.37. The molecule has 1 aliphatic rings. The summed E-state index contributed by atoms with van der Waals surface area (Å²) in [6, 6.07) is 26.4. The molecule has 0 bridgehead atoms. The Morgan fingerprint density at radius 1 is 0.864 bits per heavy atom. The number of hydrogen-bond donors (Lipinski definition) is 0. The Hall–Kier alpha value is -4.80. The number of aliphatic imine (C=N–C) groups is 1. The van der Waals surface area contributed by atoms with Gasteiger partial charge in [0.25, 0.3) is 0 Å². The van der Waals surface area contributed by atoms with E-state index in [0.29, 0.717) is 23.6 Å². The molecule has 44 heavy (non-hydrogen) atoms. The maximum Gasteiger partial charge on any atom is 0.184 e. The van der Waals surface area contributed by atoms with E-state index in [-0.39, 0.29) is 12.3 Å². The normalized spacial score (nSPS) is 16.9. The van der Waals surface area contributed by atoms with Crippen molar-refractivity contribution in [2.24, 2.45) is 4.99 Å². The van der Waals surface area contributed by atoms with Crippen molar-refractivity contribution in [3.8, 4) is 11.5 Å². The molecule has 10 heteroatoms. The van der Waals surface area contributed by atoms with Gasteiger partial charge in [0.1, 0.15) is 29.7 Å². The molecule has 2 aromatic heterocycles. The van der Waals surface area contributed by atoms with Gasteiger partial charge >= 0.3 is 0 Å². The number of nitrogens with zero attached hydrogens (tertiary/aromatic N) is 6. The average Bonchev–Trinajstić information content (AvgIpc) is 3.72. The van der Waals surface area contributed by atoms with Gasteiger partial charge in [-0.25, -0.2) is 19.9 Å². The Balaban J connectivity index is 1.31. The first kappa shape index (κ1) is 29.3. The third-order valence-electron chi connectivity index (χ3n) is 7.80. The summed E-state index contributed by atoms with van der Waals surface area (Å²) in [5.41, 5.74) is 3.38. The van der Waals surface area contributed by atoms with Crippen LogP contribution in [0.15, 0.2) is 96.5 Å². The van der Waals surface area contributed by atoms with Crippen LogP contribution in [0.1, 0.15) is 35.8 Å². The summed E-state index contributed by atoms with van der Waals surface area (Å²) in [6.45, 7) is 0.365. The summed E-state index contributed by atoms with van der Waals surface area (Å²) in [5, 5.41) is 0. The van der Waals surface area contributed by atoms with Crippen LogP contribution in [0.25, 0.3) is 11.2 Å². The van der Waals surface area contributed by atoms with Crippen LogP contribution in [0, 0.1) is 0 Å². The molecule has 1 aliphatic heterocycles. The van der Waals surface area contributed by atoms with E-state index in [0.717, 1.165) is 41.0 Å². The fourth-order valence-electron chi connectivity index (χ4n) is 5.62. The first-order chi connectivity index (χ1) is 21.5. The minimum Gasteiger partial charge on any atom is -0.497 e. The van der Waals surface area contributed by atoms with Gasteiger partial charge in [0, 0.05) is 14.1 Å². The number of fused-ring (bicyclic) bond motifs is 1. The first-order valence-corrected chi connectivity index (χ1v) is 14.5. The quantitative estimate of drug-likeness (QED) is 0.109. The highest BCUT2D eigenvalue weighted by Crippen LogP contribution is 2.43. The number of methoxy groups -OCH3 is 2. The van der Waals surface area contributed by atoms with Crippen LogP contribution in [-0.2, 0) is 15.1 Å². The third-order valence-corrected chi connectivity index (χ3v) is 7.80. The van der Waals surface area contributed by atoms with Crippen LogP contribution in [0.5, 0.6) is 11.5 Å². The van der Waals surface area contributed by atoms with Crippen LogP contribution >= 0.6 is 0 Å². The largest absolute Gasteiger partial charge is 0.497 e. The summed E-state index contributed by atoms with van der Waals surface area (Å²) < 4.78 is 26.5. The minimum absolute atomic E-state index is 0.148. The highest BCUT2D eigenvalue weighted by atomic mass is 16.6. The van der Waals surface area contributed by atoms with Crippen molar-refractivity contribution >= 4 is 23.3 Å². The van der Waals surface area contributed by atoms with Crippen LogP contribution in [0.4, 0.5) is 5.82 Å². The molecule has 0 N–H and O–H groups in total. The van der Waals surface area contributed by atoms with E-state index in [2.05, 4.69) is 56.3 Å². The molecule has 0 spiro atoms. The zero-order valence-electron chi connectivity index (χ0n) is 25.3. The SMILES string of the molecule is COc1ccc(C(OC[C@@H]2CC[C@H](n3cnc4c(N=CN(C)C)ncnc43)O2)(c2ccccc2)c2ccc(OC)cc2)cc1.